The van der Waals surface area contributed by atoms with Crippen LogP contribution in [0.4, 0.5) is 0 Å². The summed E-state index contributed by atoms with van der Waals surface area (Å²) in [5.74, 6) is 1.08. The highest BCUT2D eigenvalue weighted by atomic mass is 16.3. The van der Waals surface area contributed by atoms with Crippen molar-refractivity contribution in [1.82, 2.24) is 14.6 Å². The molecule has 1 fully saturated rings. The van der Waals surface area contributed by atoms with E-state index in [1.54, 1.807) is 23.1 Å². The van der Waals surface area contributed by atoms with E-state index in [0.717, 1.165) is 29.8 Å². The molecular formula is C14H19N3O. The second-order valence-electron chi connectivity index (χ2n) is 5.48. The van der Waals surface area contributed by atoms with Crippen molar-refractivity contribution in [2.75, 3.05) is 0 Å². The summed E-state index contributed by atoms with van der Waals surface area (Å²) < 4.78 is 1.78. The van der Waals surface area contributed by atoms with Crippen molar-refractivity contribution >= 4 is 5.52 Å². The van der Waals surface area contributed by atoms with E-state index in [9.17, 15) is 5.11 Å². The summed E-state index contributed by atoms with van der Waals surface area (Å²) in [7, 11) is 0. The highest BCUT2D eigenvalue weighted by Gasteiger charge is 2.28. The summed E-state index contributed by atoms with van der Waals surface area (Å²) in [5.41, 5.74) is 1.84. The van der Waals surface area contributed by atoms with Crippen LogP contribution in [0.5, 0.6) is 0 Å². The molecule has 2 aromatic heterocycles. The minimum absolute atomic E-state index is 0.363. The van der Waals surface area contributed by atoms with Crippen molar-refractivity contribution in [3.05, 3.63) is 30.4 Å². The maximum Gasteiger partial charge on any atom is 0.0903 e. The molecule has 3 unspecified atom stereocenters. The SMILES string of the molecule is CC1CCCC(C(O)c2cnn3ccncc23)C1. The van der Waals surface area contributed by atoms with Gasteiger partial charge in [-0.15, -0.1) is 0 Å². The van der Waals surface area contributed by atoms with Gasteiger partial charge in [-0.25, -0.2) is 4.52 Å². The normalized spacial score (nSPS) is 26.3. The predicted molar refractivity (Wildman–Crippen MR) is 69.1 cm³/mol. The van der Waals surface area contributed by atoms with Gasteiger partial charge in [-0.1, -0.05) is 19.8 Å². The standard InChI is InChI=1S/C14H19N3O/c1-10-3-2-4-11(7-10)14(18)12-8-16-17-6-5-15-9-13(12)17/h5-6,8-11,14,18H,2-4,7H2,1H3. The Bertz CT molecular complexity index is 537. The van der Waals surface area contributed by atoms with Gasteiger partial charge in [-0.3, -0.25) is 4.98 Å². The van der Waals surface area contributed by atoms with Crippen LogP contribution in [0.2, 0.25) is 0 Å². The summed E-state index contributed by atoms with van der Waals surface area (Å²) in [6.45, 7) is 2.27. The molecule has 3 rings (SSSR count). The van der Waals surface area contributed by atoms with Gasteiger partial charge in [0.2, 0.25) is 0 Å². The minimum Gasteiger partial charge on any atom is -0.388 e. The molecular weight excluding hydrogens is 226 g/mol. The molecule has 0 radical (unpaired) electrons. The first-order valence-corrected chi connectivity index (χ1v) is 6.71. The third-order valence-corrected chi connectivity index (χ3v) is 4.10. The Morgan fingerprint density at radius 3 is 3.11 bits per heavy atom. The number of aliphatic hydroxyl groups is 1. The minimum atomic E-state index is -0.408. The maximum atomic E-state index is 10.6. The molecule has 2 heterocycles. The van der Waals surface area contributed by atoms with Gasteiger partial charge in [0.15, 0.2) is 0 Å². The lowest BCUT2D eigenvalue weighted by molar-refractivity contribution is 0.0725. The van der Waals surface area contributed by atoms with Gasteiger partial charge in [0.25, 0.3) is 0 Å². The molecule has 0 saturated heterocycles. The lowest BCUT2D eigenvalue weighted by atomic mass is 9.78. The van der Waals surface area contributed by atoms with E-state index in [2.05, 4.69) is 17.0 Å². The van der Waals surface area contributed by atoms with Crippen LogP contribution >= 0.6 is 0 Å². The Hall–Kier alpha value is -1.42. The van der Waals surface area contributed by atoms with E-state index in [1.165, 1.54) is 12.8 Å². The number of aromatic nitrogens is 3. The van der Waals surface area contributed by atoms with Gasteiger partial charge in [-0.05, 0) is 24.7 Å². The molecule has 1 saturated carbocycles. The maximum absolute atomic E-state index is 10.6. The van der Waals surface area contributed by atoms with E-state index >= 15 is 0 Å². The number of aliphatic hydroxyl groups excluding tert-OH is 1. The monoisotopic (exact) mass is 245 g/mol. The zero-order valence-corrected chi connectivity index (χ0v) is 10.7. The number of fused-ring (bicyclic) bond motifs is 1. The fourth-order valence-corrected chi connectivity index (χ4v) is 3.10. The highest BCUT2D eigenvalue weighted by Crippen LogP contribution is 2.37. The fraction of sp³-hybridized carbons (Fsp3) is 0.571. The van der Waals surface area contributed by atoms with Crippen LogP contribution in [0, 0.1) is 11.8 Å². The van der Waals surface area contributed by atoms with Crippen LogP contribution < -0.4 is 0 Å². The predicted octanol–water partition coefficient (Wildman–Crippen LogP) is 2.59. The molecule has 0 spiro atoms. The summed E-state index contributed by atoms with van der Waals surface area (Å²) in [5, 5.41) is 14.8. The Balaban J connectivity index is 1.89. The summed E-state index contributed by atoms with van der Waals surface area (Å²) >= 11 is 0. The molecule has 4 heteroatoms. The van der Waals surface area contributed by atoms with Crippen LogP contribution in [0.3, 0.4) is 0 Å². The summed E-state index contributed by atoms with van der Waals surface area (Å²) in [6.07, 6.45) is 11.4. The van der Waals surface area contributed by atoms with Crippen molar-refractivity contribution in [2.45, 2.75) is 38.7 Å². The number of nitrogens with zero attached hydrogens (tertiary/aromatic N) is 3. The quantitative estimate of drug-likeness (QED) is 0.884. The Morgan fingerprint density at radius 2 is 2.28 bits per heavy atom. The smallest absolute Gasteiger partial charge is 0.0903 e. The first kappa shape index (κ1) is 11.7. The number of rotatable bonds is 2. The third-order valence-electron chi connectivity index (χ3n) is 4.10. The third kappa shape index (κ3) is 2.01. The van der Waals surface area contributed by atoms with Crippen LogP contribution in [0.1, 0.15) is 44.3 Å². The molecule has 96 valence electrons. The molecule has 1 aliphatic carbocycles. The average molecular weight is 245 g/mol. The van der Waals surface area contributed by atoms with Gasteiger partial charge in [0.05, 0.1) is 24.0 Å². The molecule has 0 bridgehead atoms. The van der Waals surface area contributed by atoms with Gasteiger partial charge in [-0.2, -0.15) is 5.10 Å². The molecule has 1 N–H and O–H groups in total. The topological polar surface area (TPSA) is 50.4 Å². The molecule has 4 nitrogen and oxygen atoms in total. The number of hydrogen-bond acceptors (Lipinski definition) is 3. The largest absolute Gasteiger partial charge is 0.388 e. The fourth-order valence-electron chi connectivity index (χ4n) is 3.10. The van der Waals surface area contributed by atoms with E-state index < -0.39 is 6.10 Å². The molecule has 0 aliphatic heterocycles. The zero-order chi connectivity index (χ0) is 12.5. The van der Waals surface area contributed by atoms with Crippen molar-refractivity contribution in [3.8, 4) is 0 Å². The van der Waals surface area contributed by atoms with Crippen LogP contribution in [-0.4, -0.2) is 19.7 Å². The molecule has 3 atom stereocenters. The lowest BCUT2D eigenvalue weighted by Gasteiger charge is -2.30. The van der Waals surface area contributed by atoms with Gasteiger partial charge < -0.3 is 5.11 Å². The zero-order valence-electron chi connectivity index (χ0n) is 10.7. The van der Waals surface area contributed by atoms with Gasteiger partial charge >= 0.3 is 0 Å². The van der Waals surface area contributed by atoms with E-state index in [4.69, 9.17) is 0 Å². The van der Waals surface area contributed by atoms with Crippen molar-refractivity contribution < 1.29 is 5.11 Å². The second-order valence-corrected chi connectivity index (χ2v) is 5.48. The summed E-state index contributed by atoms with van der Waals surface area (Å²) in [6, 6.07) is 0. The van der Waals surface area contributed by atoms with Crippen molar-refractivity contribution in [1.29, 1.82) is 0 Å². The van der Waals surface area contributed by atoms with Crippen molar-refractivity contribution in [3.63, 3.8) is 0 Å². The van der Waals surface area contributed by atoms with Gasteiger partial charge in [0, 0.05) is 18.0 Å². The van der Waals surface area contributed by atoms with Crippen molar-refractivity contribution in [2.24, 2.45) is 11.8 Å². The van der Waals surface area contributed by atoms with E-state index in [1.807, 2.05) is 6.20 Å². The number of hydrogen-bond donors (Lipinski definition) is 1. The Labute approximate surface area is 107 Å². The first-order chi connectivity index (χ1) is 8.75. The summed E-state index contributed by atoms with van der Waals surface area (Å²) in [4.78, 5) is 4.12. The molecule has 2 aromatic rings. The molecule has 1 aliphatic rings. The Morgan fingerprint density at radius 1 is 1.39 bits per heavy atom. The highest BCUT2D eigenvalue weighted by molar-refractivity contribution is 5.52. The van der Waals surface area contributed by atoms with E-state index in [-0.39, 0.29) is 0 Å². The first-order valence-electron chi connectivity index (χ1n) is 6.71. The molecule has 18 heavy (non-hydrogen) atoms. The second kappa shape index (κ2) is 4.69. The molecule has 0 amide bonds. The average Bonchev–Trinajstić information content (AvgIpc) is 2.82. The van der Waals surface area contributed by atoms with Gasteiger partial charge in [0.1, 0.15) is 0 Å². The Kier molecular flexibility index (Phi) is 3.04. The van der Waals surface area contributed by atoms with Crippen LogP contribution in [-0.2, 0) is 0 Å². The van der Waals surface area contributed by atoms with Crippen LogP contribution in [0.25, 0.3) is 5.52 Å². The van der Waals surface area contributed by atoms with Crippen LogP contribution in [0.15, 0.2) is 24.8 Å². The molecule has 0 aromatic carbocycles. The van der Waals surface area contributed by atoms with E-state index in [0.29, 0.717) is 5.92 Å². The lowest BCUT2D eigenvalue weighted by Crippen LogP contribution is -2.20.